The third kappa shape index (κ3) is 3.02. The molecule has 0 amide bonds. The topological polar surface area (TPSA) is 19.4 Å². The molecule has 1 aliphatic rings. The van der Waals surface area contributed by atoms with Crippen LogP contribution in [0.1, 0.15) is 44.2 Å². The Morgan fingerprint density at radius 1 is 1.33 bits per heavy atom. The molecule has 0 aliphatic carbocycles. The van der Waals surface area contributed by atoms with Crippen molar-refractivity contribution in [2.45, 2.75) is 38.6 Å². The molecule has 0 N–H and O–H groups in total. The molecule has 1 saturated heterocycles. The summed E-state index contributed by atoms with van der Waals surface area (Å²) >= 11 is 0. The number of piperidine rings is 1. The van der Waals surface area contributed by atoms with Crippen LogP contribution in [0.3, 0.4) is 0 Å². The number of hydrogen-bond acceptors (Lipinski definition) is 3. The second kappa shape index (κ2) is 6.19. The van der Waals surface area contributed by atoms with E-state index in [1.807, 2.05) is 14.1 Å². The quantitative estimate of drug-likeness (QED) is 0.815. The first-order chi connectivity index (χ1) is 8.72. The van der Waals surface area contributed by atoms with Crippen molar-refractivity contribution in [1.82, 2.24) is 9.88 Å². The third-order valence-electron chi connectivity index (χ3n) is 3.74. The van der Waals surface area contributed by atoms with Crippen LogP contribution in [0.4, 0.5) is 5.82 Å². The molecule has 3 heteroatoms. The van der Waals surface area contributed by atoms with Crippen LogP contribution in [-0.4, -0.2) is 37.1 Å². The second-order valence-electron chi connectivity index (χ2n) is 5.39. The Balaban J connectivity index is 2.12. The molecule has 100 valence electrons. The van der Waals surface area contributed by atoms with Crippen LogP contribution >= 0.6 is 0 Å². The van der Waals surface area contributed by atoms with E-state index in [4.69, 9.17) is 0 Å². The van der Waals surface area contributed by atoms with Crippen LogP contribution in [0.15, 0.2) is 18.3 Å². The van der Waals surface area contributed by atoms with Gasteiger partial charge in [-0.25, -0.2) is 4.98 Å². The van der Waals surface area contributed by atoms with Crippen molar-refractivity contribution in [3.05, 3.63) is 23.9 Å². The number of likely N-dealkylation sites (tertiary alicyclic amines) is 1. The zero-order valence-corrected chi connectivity index (χ0v) is 11.9. The molecule has 1 atom stereocenters. The van der Waals surface area contributed by atoms with Crippen LogP contribution in [0.25, 0.3) is 0 Å². The first-order valence-corrected chi connectivity index (χ1v) is 7.09. The van der Waals surface area contributed by atoms with Gasteiger partial charge in [-0.05, 0) is 44.0 Å². The van der Waals surface area contributed by atoms with E-state index < -0.39 is 0 Å². The fourth-order valence-corrected chi connectivity index (χ4v) is 2.78. The van der Waals surface area contributed by atoms with Gasteiger partial charge in [0.25, 0.3) is 0 Å². The van der Waals surface area contributed by atoms with E-state index in [1.54, 1.807) is 0 Å². The smallest absolute Gasteiger partial charge is 0.127 e. The van der Waals surface area contributed by atoms with Crippen molar-refractivity contribution in [1.29, 1.82) is 0 Å². The SMILES string of the molecule is CCCN1CCCCC1c1ccc(N(C)C)nc1. The van der Waals surface area contributed by atoms with Gasteiger partial charge in [0.15, 0.2) is 0 Å². The van der Waals surface area contributed by atoms with Gasteiger partial charge in [0, 0.05) is 26.3 Å². The molecule has 0 aromatic carbocycles. The molecule has 2 rings (SSSR count). The molecule has 1 fully saturated rings. The lowest BCUT2D eigenvalue weighted by Gasteiger charge is -2.35. The first-order valence-electron chi connectivity index (χ1n) is 7.09. The van der Waals surface area contributed by atoms with Crippen molar-refractivity contribution in [3.63, 3.8) is 0 Å². The Kier molecular flexibility index (Phi) is 4.59. The maximum atomic E-state index is 4.55. The average molecular weight is 247 g/mol. The van der Waals surface area contributed by atoms with Gasteiger partial charge in [0.05, 0.1) is 0 Å². The van der Waals surface area contributed by atoms with Crippen molar-refractivity contribution >= 4 is 5.82 Å². The number of rotatable bonds is 4. The molecule has 0 bridgehead atoms. The van der Waals surface area contributed by atoms with Crippen LogP contribution in [0.2, 0.25) is 0 Å². The van der Waals surface area contributed by atoms with Gasteiger partial charge < -0.3 is 4.90 Å². The Hall–Kier alpha value is -1.09. The van der Waals surface area contributed by atoms with Crippen LogP contribution in [-0.2, 0) is 0 Å². The molecule has 18 heavy (non-hydrogen) atoms. The predicted molar refractivity (Wildman–Crippen MR) is 77.0 cm³/mol. The highest BCUT2D eigenvalue weighted by molar-refractivity contribution is 5.37. The monoisotopic (exact) mass is 247 g/mol. The number of anilines is 1. The van der Waals surface area contributed by atoms with E-state index in [1.165, 1.54) is 44.3 Å². The van der Waals surface area contributed by atoms with Crippen molar-refractivity contribution in [3.8, 4) is 0 Å². The second-order valence-corrected chi connectivity index (χ2v) is 5.39. The summed E-state index contributed by atoms with van der Waals surface area (Å²) in [7, 11) is 4.07. The van der Waals surface area contributed by atoms with E-state index in [0.29, 0.717) is 6.04 Å². The highest BCUT2D eigenvalue weighted by atomic mass is 15.2. The van der Waals surface area contributed by atoms with Gasteiger partial charge in [-0.3, -0.25) is 4.90 Å². The van der Waals surface area contributed by atoms with Crippen LogP contribution < -0.4 is 4.90 Å². The van der Waals surface area contributed by atoms with Crippen LogP contribution in [0.5, 0.6) is 0 Å². The summed E-state index contributed by atoms with van der Waals surface area (Å²) in [5.41, 5.74) is 1.38. The van der Waals surface area contributed by atoms with E-state index in [0.717, 1.165) is 5.82 Å². The van der Waals surface area contributed by atoms with Gasteiger partial charge in [0.1, 0.15) is 5.82 Å². The Morgan fingerprint density at radius 2 is 2.17 bits per heavy atom. The maximum Gasteiger partial charge on any atom is 0.127 e. The first kappa shape index (κ1) is 13.3. The standard InChI is InChI=1S/C15H25N3/c1-4-10-18-11-6-5-7-14(18)13-8-9-15(16-12-13)17(2)3/h8-9,12,14H,4-7,10-11H2,1-3H3. The van der Waals surface area contributed by atoms with Crippen molar-refractivity contribution in [2.24, 2.45) is 0 Å². The lowest BCUT2D eigenvalue weighted by molar-refractivity contribution is 0.149. The molecule has 0 radical (unpaired) electrons. The molecule has 0 saturated carbocycles. The van der Waals surface area contributed by atoms with Crippen molar-refractivity contribution in [2.75, 3.05) is 32.1 Å². The molecule has 1 aliphatic heterocycles. The van der Waals surface area contributed by atoms with Gasteiger partial charge in [0.2, 0.25) is 0 Å². The molecular weight excluding hydrogens is 222 g/mol. The Morgan fingerprint density at radius 3 is 2.78 bits per heavy atom. The number of pyridine rings is 1. The van der Waals surface area contributed by atoms with E-state index >= 15 is 0 Å². The van der Waals surface area contributed by atoms with E-state index in [2.05, 4.69) is 40.0 Å². The highest BCUT2D eigenvalue weighted by Crippen LogP contribution is 2.30. The molecule has 1 unspecified atom stereocenters. The van der Waals surface area contributed by atoms with E-state index in [-0.39, 0.29) is 0 Å². The zero-order valence-electron chi connectivity index (χ0n) is 11.9. The Labute approximate surface area is 111 Å². The maximum absolute atomic E-state index is 4.55. The van der Waals surface area contributed by atoms with Crippen molar-refractivity contribution < 1.29 is 0 Å². The molecule has 1 aromatic rings. The van der Waals surface area contributed by atoms with E-state index in [9.17, 15) is 0 Å². The third-order valence-corrected chi connectivity index (χ3v) is 3.74. The summed E-state index contributed by atoms with van der Waals surface area (Å²) in [6.45, 7) is 4.72. The fourth-order valence-electron chi connectivity index (χ4n) is 2.78. The van der Waals surface area contributed by atoms with Gasteiger partial charge in [-0.1, -0.05) is 19.4 Å². The summed E-state index contributed by atoms with van der Waals surface area (Å²) in [5, 5.41) is 0. The molecule has 1 aromatic heterocycles. The van der Waals surface area contributed by atoms with Gasteiger partial charge in [-0.2, -0.15) is 0 Å². The highest BCUT2D eigenvalue weighted by Gasteiger charge is 2.23. The predicted octanol–water partition coefficient (Wildman–Crippen LogP) is 3.08. The summed E-state index contributed by atoms with van der Waals surface area (Å²) in [4.78, 5) is 9.22. The summed E-state index contributed by atoms with van der Waals surface area (Å²) < 4.78 is 0. The normalized spacial score (nSPS) is 20.9. The number of hydrogen-bond donors (Lipinski definition) is 0. The van der Waals surface area contributed by atoms with Gasteiger partial charge >= 0.3 is 0 Å². The molecule has 0 spiro atoms. The molecular formula is C15H25N3. The summed E-state index contributed by atoms with van der Waals surface area (Å²) in [6, 6.07) is 4.97. The Bertz CT molecular complexity index is 357. The largest absolute Gasteiger partial charge is 0.363 e. The summed E-state index contributed by atoms with van der Waals surface area (Å²) in [6.07, 6.45) is 7.27. The minimum Gasteiger partial charge on any atom is -0.363 e. The van der Waals surface area contributed by atoms with Gasteiger partial charge in [-0.15, -0.1) is 0 Å². The number of nitrogens with zero attached hydrogens (tertiary/aromatic N) is 3. The lowest BCUT2D eigenvalue weighted by Crippen LogP contribution is -2.34. The number of aromatic nitrogens is 1. The minimum atomic E-state index is 0.586. The minimum absolute atomic E-state index is 0.586. The van der Waals surface area contributed by atoms with Crippen LogP contribution in [0, 0.1) is 0 Å². The molecule has 2 heterocycles. The molecule has 3 nitrogen and oxygen atoms in total. The lowest BCUT2D eigenvalue weighted by atomic mass is 9.96. The zero-order chi connectivity index (χ0) is 13.0. The fraction of sp³-hybridized carbons (Fsp3) is 0.667. The summed E-state index contributed by atoms with van der Waals surface area (Å²) in [5.74, 6) is 1.04. The average Bonchev–Trinajstić information content (AvgIpc) is 2.40.